The Hall–Kier alpha value is -1.24. The molecule has 0 saturated carbocycles. The Bertz CT molecular complexity index is 523. The summed E-state index contributed by atoms with van der Waals surface area (Å²) in [6, 6.07) is 9.05. The summed E-state index contributed by atoms with van der Waals surface area (Å²) in [6.45, 7) is 16.0. The fraction of sp³-hybridized carbons (Fsp3) is 0.652. The van der Waals surface area contributed by atoms with E-state index in [2.05, 4.69) is 63.4 Å². The maximum atomic E-state index is 4.37. The van der Waals surface area contributed by atoms with Crippen LogP contribution in [-0.4, -0.2) is 18.0 Å². The van der Waals surface area contributed by atoms with Crippen molar-refractivity contribution in [1.82, 2.24) is 4.90 Å². The van der Waals surface area contributed by atoms with Crippen LogP contribution < -0.4 is 0 Å². The van der Waals surface area contributed by atoms with Crippen molar-refractivity contribution in [1.29, 1.82) is 0 Å². The molecule has 134 valence electrons. The zero-order valence-corrected chi connectivity index (χ0v) is 16.4. The zero-order valence-electron chi connectivity index (χ0n) is 16.4. The Kier molecular flexibility index (Phi) is 6.95. The van der Waals surface area contributed by atoms with Gasteiger partial charge in [-0.15, -0.1) is 0 Å². The van der Waals surface area contributed by atoms with Crippen LogP contribution >= 0.6 is 0 Å². The van der Waals surface area contributed by atoms with Gasteiger partial charge in [-0.1, -0.05) is 71.4 Å². The van der Waals surface area contributed by atoms with E-state index >= 15 is 0 Å². The molecule has 0 N–H and O–H groups in total. The monoisotopic (exact) mass is 327 g/mol. The number of nitrogens with zero attached hydrogens (tertiary/aromatic N) is 1. The van der Waals surface area contributed by atoms with Crippen molar-refractivity contribution >= 4 is 0 Å². The standard InChI is InChI=1S/C23H37N/c1-6-7-8-12-19(2)24-16-11-13-20(18-24)17-21-14-9-10-15-22(21)23(3,4)5/h9-10,14-15,20H,2,6-8,11-13,16-18H2,1,3-5H3. The van der Waals surface area contributed by atoms with Crippen molar-refractivity contribution in [3.8, 4) is 0 Å². The SMILES string of the molecule is C=C(CCCCC)N1CCCC(Cc2ccccc2C(C)(C)C)C1. The van der Waals surface area contributed by atoms with Gasteiger partial charge >= 0.3 is 0 Å². The topological polar surface area (TPSA) is 3.24 Å². The fourth-order valence-electron chi connectivity index (χ4n) is 4.00. The summed E-state index contributed by atoms with van der Waals surface area (Å²) in [4.78, 5) is 2.57. The van der Waals surface area contributed by atoms with Crippen LogP contribution in [-0.2, 0) is 11.8 Å². The fourth-order valence-corrected chi connectivity index (χ4v) is 4.00. The summed E-state index contributed by atoms with van der Waals surface area (Å²) >= 11 is 0. The number of piperidine rings is 1. The summed E-state index contributed by atoms with van der Waals surface area (Å²) < 4.78 is 0. The minimum atomic E-state index is 0.231. The number of benzene rings is 1. The van der Waals surface area contributed by atoms with Gasteiger partial charge in [0.05, 0.1) is 0 Å². The molecule has 0 spiro atoms. The first-order valence-electron chi connectivity index (χ1n) is 9.93. The van der Waals surface area contributed by atoms with E-state index in [1.807, 2.05) is 0 Å². The second kappa shape index (κ2) is 8.74. The third-order valence-corrected chi connectivity index (χ3v) is 5.37. The molecule has 1 fully saturated rings. The molecular weight excluding hydrogens is 290 g/mol. The van der Waals surface area contributed by atoms with Crippen LogP contribution in [0.4, 0.5) is 0 Å². The van der Waals surface area contributed by atoms with E-state index in [0.29, 0.717) is 0 Å². The quantitative estimate of drug-likeness (QED) is 0.529. The van der Waals surface area contributed by atoms with E-state index < -0.39 is 0 Å². The maximum Gasteiger partial charge on any atom is 0.0206 e. The van der Waals surface area contributed by atoms with Crippen LogP contribution in [0.2, 0.25) is 0 Å². The number of allylic oxidation sites excluding steroid dienone is 1. The highest BCUT2D eigenvalue weighted by atomic mass is 15.1. The lowest BCUT2D eigenvalue weighted by Gasteiger charge is -2.36. The van der Waals surface area contributed by atoms with Gasteiger partial charge in [-0.3, -0.25) is 0 Å². The Labute approximate surface area is 150 Å². The molecule has 1 heterocycles. The predicted octanol–water partition coefficient (Wildman–Crippen LogP) is 6.33. The highest BCUT2D eigenvalue weighted by Gasteiger charge is 2.24. The molecular formula is C23H37N. The third kappa shape index (κ3) is 5.40. The van der Waals surface area contributed by atoms with E-state index in [9.17, 15) is 0 Å². The number of likely N-dealkylation sites (tertiary alicyclic amines) is 1. The summed E-state index contributed by atoms with van der Waals surface area (Å²) in [5.74, 6) is 0.769. The largest absolute Gasteiger partial charge is 0.375 e. The van der Waals surface area contributed by atoms with Gasteiger partial charge in [-0.05, 0) is 54.6 Å². The Morgan fingerprint density at radius 3 is 2.67 bits per heavy atom. The first kappa shape index (κ1) is 19.1. The van der Waals surface area contributed by atoms with Crippen molar-refractivity contribution in [2.75, 3.05) is 13.1 Å². The van der Waals surface area contributed by atoms with Gasteiger partial charge in [0.25, 0.3) is 0 Å². The lowest BCUT2D eigenvalue weighted by molar-refractivity contribution is 0.210. The zero-order chi connectivity index (χ0) is 17.6. The molecule has 1 nitrogen and oxygen atoms in total. The summed E-state index contributed by atoms with van der Waals surface area (Å²) in [5, 5.41) is 0. The molecule has 0 amide bonds. The molecule has 1 aliphatic rings. The lowest BCUT2D eigenvalue weighted by Crippen LogP contribution is -2.35. The van der Waals surface area contributed by atoms with Crippen molar-refractivity contribution in [3.05, 3.63) is 47.7 Å². The molecule has 0 aliphatic carbocycles. The number of hydrogen-bond acceptors (Lipinski definition) is 1. The highest BCUT2D eigenvalue weighted by Crippen LogP contribution is 2.30. The van der Waals surface area contributed by atoms with Crippen LogP contribution in [0, 0.1) is 5.92 Å². The number of rotatable bonds is 7. The normalized spacial score (nSPS) is 18.7. The first-order chi connectivity index (χ1) is 11.4. The van der Waals surface area contributed by atoms with Gasteiger partial charge in [-0.2, -0.15) is 0 Å². The van der Waals surface area contributed by atoms with Crippen molar-refractivity contribution in [2.24, 2.45) is 5.92 Å². The van der Waals surface area contributed by atoms with Crippen LogP contribution in [0.3, 0.4) is 0 Å². The summed E-state index contributed by atoms with van der Waals surface area (Å²) in [6.07, 6.45) is 8.98. The van der Waals surface area contributed by atoms with Crippen molar-refractivity contribution in [2.45, 2.75) is 78.1 Å². The minimum Gasteiger partial charge on any atom is -0.375 e. The van der Waals surface area contributed by atoms with E-state index in [0.717, 1.165) is 5.92 Å². The van der Waals surface area contributed by atoms with Crippen LogP contribution in [0.5, 0.6) is 0 Å². The van der Waals surface area contributed by atoms with Gasteiger partial charge < -0.3 is 4.90 Å². The molecule has 2 rings (SSSR count). The van der Waals surface area contributed by atoms with E-state index in [4.69, 9.17) is 0 Å². The maximum absolute atomic E-state index is 4.37. The summed E-state index contributed by atoms with van der Waals surface area (Å²) in [7, 11) is 0. The Balaban J connectivity index is 1.97. The first-order valence-corrected chi connectivity index (χ1v) is 9.93. The minimum absolute atomic E-state index is 0.231. The molecule has 1 unspecified atom stereocenters. The molecule has 24 heavy (non-hydrogen) atoms. The average Bonchev–Trinajstić information content (AvgIpc) is 2.55. The molecule has 1 atom stereocenters. The Morgan fingerprint density at radius 1 is 1.21 bits per heavy atom. The molecule has 1 aliphatic heterocycles. The van der Waals surface area contributed by atoms with Gasteiger partial charge in [-0.25, -0.2) is 0 Å². The van der Waals surface area contributed by atoms with Crippen LogP contribution in [0.1, 0.15) is 77.3 Å². The number of hydrogen-bond donors (Lipinski definition) is 0. The average molecular weight is 328 g/mol. The van der Waals surface area contributed by atoms with Gasteiger partial charge in [0.1, 0.15) is 0 Å². The molecule has 0 radical (unpaired) electrons. The molecule has 1 aromatic rings. The van der Waals surface area contributed by atoms with Crippen LogP contribution in [0.15, 0.2) is 36.5 Å². The van der Waals surface area contributed by atoms with Crippen molar-refractivity contribution < 1.29 is 0 Å². The second-order valence-corrected chi connectivity index (χ2v) is 8.59. The predicted molar refractivity (Wildman–Crippen MR) is 106 cm³/mol. The van der Waals surface area contributed by atoms with Crippen molar-refractivity contribution in [3.63, 3.8) is 0 Å². The smallest absolute Gasteiger partial charge is 0.0206 e. The second-order valence-electron chi connectivity index (χ2n) is 8.59. The van der Waals surface area contributed by atoms with Gasteiger partial charge in [0, 0.05) is 18.8 Å². The lowest BCUT2D eigenvalue weighted by atomic mass is 9.80. The van der Waals surface area contributed by atoms with Gasteiger partial charge in [0.2, 0.25) is 0 Å². The summed E-state index contributed by atoms with van der Waals surface area (Å²) in [5.41, 5.74) is 4.67. The third-order valence-electron chi connectivity index (χ3n) is 5.37. The molecule has 1 heteroatoms. The molecule has 0 bridgehead atoms. The highest BCUT2D eigenvalue weighted by molar-refractivity contribution is 5.33. The van der Waals surface area contributed by atoms with Crippen LogP contribution in [0.25, 0.3) is 0 Å². The van der Waals surface area contributed by atoms with E-state index in [1.165, 1.54) is 69.3 Å². The molecule has 0 aromatic heterocycles. The Morgan fingerprint density at radius 2 is 1.96 bits per heavy atom. The number of unbranched alkanes of at least 4 members (excludes halogenated alkanes) is 2. The van der Waals surface area contributed by atoms with Gasteiger partial charge in [0.15, 0.2) is 0 Å². The molecule has 1 saturated heterocycles. The van der Waals surface area contributed by atoms with E-state index in [1.54, 1.807) is 5.56 Å². The molecule has 1 aromatic carbocycles. The van der Waals surface area contributed by atoms with E-state index in [-0.39, 0.29) is 5.41 Å².